The third-order valence-electron chi connectivity index (χ3n) is 4.20. The van der Waals surface area contributed by atoms with Gasteiger partial charge in [-0.15, -0.1) is 0 Å². The summed E-state index contributed by atoms with van der Waals surface area (Å²) in [6, 6.07) is 6.15. The average Bonchev–Trinajstić information content (AvgIpc) is 2.55. The van der Waals surface area contributed by atoms with Gasteiger partial charge >= 0.3 is 0 Å². The van der Waals surface area contributed by atoms with Crippen LogP contribution >= 0.6 is 0 Å². The maximum atomic E-state index is 12.4. The zero-order chi connectivity index (χ0) is 17.0. The van der Waals surface area contributed by atoms with Crippen molar-refractivity contribution in [2.24, 2.45) is 0 Å². The van der Waals surface area contributed by atoms with E-state index in [1.165, 1.54) is 32.6 Å². The maximum absolute atomic E-state index is 12.4. The Hall–Kier alpha value is -1.44. The van der Waals surface area contributed by atoms with Gasteiger partial charge in [0.25, 0.3) is 0 Å². The highest BCUT2D eigenvalue weighted by Crippen LogP contribution is 2.19. The smallest absolute Gasteiger partial charge is 0.242 e. The average molecular weight is 339 g/mol. The van der Waals surface area contributed by atoms with Crippen molar-refractivity contribution in [3.05, 3.63) is 24.3 Å². The number of carbonyl (C=O) groups is 1. The Kier molecular flexibility index (Phi) is 5.78. The number of likely N-dealkylation sites (tertiary alicyclic amines) is 1. The predicted octanol–water partition coefficient (Wildman–Crippen LogP) is 1.75. The summed E-state index contributed by atoms with van der Waals surface area (Å²) >= 11 is 0. The highest BCUT2D eigenvalue weighted by Gasteiger charge is 2.23. The molecule has 6 nitrogen and oxygen atoms in total. The SMILES string of the molecule is CC(C(=O)Nc1cccc(S(=O)(=O)N(C)C)c1)N1CCCCC1. The van der Waals surface area contributed by atoms with Crippen LogP contribution in [0, 0.1) is 0 Å². The van der Waals surface area contributed by atoms with Crippen molar-refractivity contribution < 1.29 is 13.2 Å². The van der Waals surface area contributed by atoms with Gasteiger partial charge in [-0.25, -0.2) is 12.7 Å². The molecule has 0 saturated carbocycles. The first-order valence-corrected chi connectivity index (χ1v) is 9.34. The highest BCUT2D eigenvalue weighted by molar-refractivity contribution is 7.89. The van der Waals surface area contributed by atoms with Gasteiger partial charge in [0.05, 0.1) is 10.9 Å². The molecular weight excluding hydrogens is 314 g/mol. The van der Waals surface area contributed by atoms with Crippen molar-refractivity contribution in [3.8, 4) is 0 Å². The van der Waals surface area contributed by atoms with Crippen LogP contribution in [0.3, 0.4) is 0 Å². The highest BCUT2D eigenvalue weighted by atomic mass is 32.2. The van der Waals surface area contributed by atoms with Gasteiger partial charge in [-0.3, -0.25) is 9.69 Å². The maximum Gasteiger partial charge on any atom is 0.242 e. The summed E-state index contributed by atoms with van der Waals surface area (Å²) in [5, 5.41) is 2.83. The van der Waals surface area contributed by atoms with Crippen LogP contribution < -0.4 is 5.32 Å². The summed E-state index contributed by atoms with van der Waals surface area (Å²) < 4.78 is 25.5. The molecule has 1 atom stereocenters. The lowest BCUT2D eigenvalue weighted by atomic mass is 10.1. The standard InChI is InChI=1S/C16H25N3O3S/c1-13(19-10-5-4-6-11-19)16(20)17-14-8-7-9-15(12-14)23(21,22)18(2)3/h7-9,12-13H,4-6,10-11H2,1-3H3,(H,17,20). The fourth-order valence-corrected chi connectivity index (χ4v) is 3.61. The fraction of sp³-hybridized carbons (Fsp3) is 0.562. The van der Waals surface area contributed by atoms with E-state index in [0.29, 0.717) is 5.69 Å². The molecule has 1 aliphatic heterocycles. The van der Waals surface area contributed by atoms with Crippen LogP contribution in [-0.2, 0) is 14.8 Å². The molecule has 0 bridgehead atoms. The second kappa shape index (κ2) is 7.42. The third kappa shape index (κ3) is 4.31. The summed E-state index contributed by atoms with van der Waals surface area (Å²) in [5.74, 6) is -0.105. The van der Waals surface area contributed by atoms with Crippen LogP contribution in [0.1, 0.15) is 26.2 Å². The molecule has 1 unspecified atom stereocenters. The number of nitrogens with zero attached hydrogens (tertiary/aromatic N) is 2. The van der Waals surface area contributed by atoms with E-state index < -0.39 is 10.0 Å². The Balaban J connectivity index is 2.09. The lowest BCUT2D eigenvalue weighted by Crippen LogP contribution is -2.44. The molecule has 0 aromatic heterocycles. The lowest BCUT2D eigenvalue weighted by molar-refractivity contribution is -0.121. The van der Waals surface area contributed by atoms with Gasteiger partial charge in [0.2, 0.25) is 15.9 Å². The molecule has 1 amide bonds. The zero-order valence-electron chi connectivity index (χ0n) is 13.9. The van der Waals surface area contributed by atoms with Crippen molar-refractivity contribution in [3.63, 3.8) is 0 Å². The molecule has 0 radical (unpaired) electrons. The van der Waals surface area contributed by atoms with Crippen LogP contribution in [0.15, 0.2) is 29.2 Å². The molecule has 1 aliphatic rings. The Morgan fingerprint density at radius 1 is 1.22 bits per heavy atom. The number of sulfonamides is 1. The monoisotopic (exact) mass is 339 g/mol. The van der Waals surface area contributed by atoms with E-state index in [1.807, 2.05) is 6.92 Å². The quantitative estimate of drug-likeness (QED) is 0.887. The minimum atomic E-state index is -3.50. The van der Waals surface area contributed by atoms with Crippen LogP contribution in [0.25, 0.3) is 0 Å². The van der Waals surface area contributed by atoms with E-state index >= 15 is 0 Å². The molecule has 1 heterocycles. The number of piperidine rings is 1. The van der Waals surface area contributed by atoms with Crippen LogP contribution in [0.5, 0.6) is 0 Å². The summed E-state index contributed by atoms with van der Waals surface area (Å²) in [4.78, 5) is 14.7. The van der Waals surface area contributed by atoms with Gasteiger partial charge < -0.3 is 5.32 Å². The fourth-order valence-electron chi connectivity index (χ4n) is 2.66. The number of nitrogens with one attached hydrogen (secondary N) is 1. The van der Waals surface area contributed by atoms with Gasteiger partial charge in [0.1, 0.15) is 0 Å². The second-order valence-electron chi connectivity index (χ2n) is 6.08. The minimum Gasteiger partial charge on any atom is -0.325 e. The zero-order valence-corrected chi connectivity index (χ0v) is 14.8. The van der Waals surface area contributed by atoms with Crippen molar-refractivity contribution in [2.75, 3.05) is 32.5 Å². The molecule has 1 fully saturated rings. The predicted molar refractivity (Wildman–Crippen MR) is 90.8 cm³/mol. The number of benzene rings is 1. The van der Waals surface area contributed by atoms with E-state index in [9.17, 15) is 13.2 Å². The molecule has 0 aliphatic carbocycles. The van der Waals surface area contributed by atoms with Gasteiger partial charge in [-0.1, -0.05) is 12.5 Å². The molecule has 128 valence electrons. The van der Waals surface area contributed by atoms with Gasteiger partial charge in [-0.2, -0.15) is 0 Å². The van der Waals surface area contributed by atoms with Gasteiger partial charge in [0, 0.05) is 19.8 Å². The summed E-state index contributed by atoms with van der Waals surface area (Å²) in [7, 11) is -0.534. The summed E-state index contributed by atoms with van der Waals surface area (Å²) in [6.45, 7) is 3.76. The Morgan fingerprint density at radius 3 is 2.48 bits per heavy atom. The van der Waals surface area contributed by atoms with Gasteiger partial charge in [-0.05, 0) is 51.1 Å². The first kappa shape index (κ1) is 17.9. The number of carbonyl (C=O) groups excluding carboxylic acids is 1. The minimum absolute atomic E-state index is 0.105. The molecule has 1 aromatic rings. The largest absolute Gasteiger partial charge is 0.325 e. The molecule has 23 heavy (non-hydrogen) atoms. The van der Waals surface area contributed by atoms with Crippen molar-refractivity contribution in [1.82, 2.24) is 9.21 Å². The molecule has 7 heteroatoms. The van der Waals surface area contributed by atoms with Crippen LogP contribution in [0.2, 0.25) is 0 Å². The number of rotatable bonds is 5. The first-order valence-electron chi connectivity index (χ1n) is 7.90. The summed E-state index contributed by atoms with van der Waals surface area (Å²) in [6.07, 6.45) is 3.46. The number of amides is 1. The molecule has 1 N–H and O–H groups in total. The van der Waals surface area contributed by atoms with Crippen LogP contribution in [-0.4, -0.2) is 56.8 Å². The topological polar surface area (TPSA) is 69.7 Å². The van der Waals surface area contributed by atoms with E-state index in [1.54, 1.807) is 12.1 Å². The molecule has 1 saturated heterocycles. The molecule has 2 rings (SSSR count). The van der Waals surface area contributed by atoms with Crippen LogP contribution in [0.4, 0.5) is 5.69 Å². The van der Waals surface area contributed by atoms with E-state index in [0.717, 1.165) is 30.2 Å². The normalized spacial score (nSPS) is 17.9. The number of hydrogen-bond donors (Lipinski definition) is 1. The van der Waals surface area contributed by atoms with Gasteiger partial charge in [0.15, 0.2) is 0 Å². The third-order valence-corrected chi connectivity index (χ3v) is 6.01. The second-order valence-corrected chi connectivity index (χ2v) is 8.23. The van der Waals surface area contributed by atoms with E-state index in [4.69, 9.17) is 0 Å². The number of hydrogen-bond acceptors (Lipinski definition) is 4. The van der Waals surface area contributed by atoms with Crippen molar-refractivity contribution >= 4 is 21.6 Å². The number of anilines is 1. The lowest BCUT2D eigenvalue weighted by Gasteiger charge is -2.31. The van der Waals surface area contributed by atoms with Crippen molar-refractivity contribution in [2.45, 2.75) is 37.1 Å². The first-order chi connectivity index (χ1) is 10.8. The molecule has 0 spiro atoms. The van der Waals surface area contributed by atoms with Crippen molar-refractivity contribution in [1.29, 1.82) is 0 Å². The Bertz CT molecular complexity index is 652. The molecular formula is C16H25N3O3S. The molecule has 1 aromatic carbocycles. The van der Waals surface area contributed by atoms with E-state index in [2.05, 4.69) is 10.2 Å². The van der Waals surface area contributed by atoms with E-state index in [-0.39, 0.29) is 16.8 Å². The Labute approximate surface area is 138 Å². The summed E-state index contributed by atoms with van der Waals surface area (Å²) in [5.41, 5.74) is 0.502. The Morgan fingerprint density at radius 2 is 1.87 bits per heavy atom.